The van der Waals surface area contributed by atoms with Crippen LogP contribution in [0, 0.1) is 0 Å². The second-order valence-electron chi connectivity index (χ2n) is 7.85. The molecule has 2 aromatic carbocycles. The third-order valence-electron chi connectivity index (χ3n) is 5.75. The molecule has 0 bridgehead atoms. The average molecular weight is 419 g/mol. The van der Waals surface area contributed by atoms with E-state index >= 15 is 0 Å². The summed E-state index contributed by atoms with van der Waals surface area (Å²) in [5.74, 6) is 0.700. The first-order chi connectivity index (χ1) is 14.9. The molecule has 0 N–H and O–H groups in total. The Morgan fingerprint density at radius 1 is 0.933 bits per heavy atom. The van der Waals surface area contributed by atoms with Gasteiger partial charge in [-0.05, 0) is 56.1 Å². The van der Waals surface area contributed by atoms with Crippen LogP contribution in [0.25, 0.3) is 21.6 Å². The van der Waals surface area contributed by atoms with Gasteiger partial charge in [0.2, 0.25) is 5.82 Å². The van der Waals surface area contributed by atoms with Gasteiger partial charge in [-0.15, -0.1) is 21.5 Å². The van der Waals surface area contributed by atoms with Gasteiger partial charge in [0, 0.05) is 5.56 Å². The van der Waals surface area contributed by atoms with Gasteiger partial charge in [0.1, 0.15) is 5.01 Å². The smallest absolute Gasteiger partial charge is 0.204 e. The maximum Gasteiger partial charge on any atom is 0.204 e. The highest BCUT2D eigenvalue weighted by Gasteiger charge is 2.28. The Kier molecular flexibility index (Phi) is 5.81. The molecular formula is C23H26N6S. The number of likely N-dealkylation sites (tertiary alicyclic amines) is 1. The van der Waals surface area contributed by atoms with E-state index in [-0.39, 0.29) is 0 Å². The van der Waals surface area contributed by atoms with Crippen molar-refractivity contribution >= 4 is 21.6 Å². The van der Waals surface area contributed by atoms with Crippen molar-refractivity contribution in [3.8, 4) is 11.4 Å². The van der Waals surface area contributed by atoms with Crippen LogP contribution in [-0.2, 0) is 6.54 Å². The molecule has 4 aromatic rings. The maximum atomic E-state index is 4.91. The number of para-hydroxylation sites is 1. The number of benzene rings is 2. The molecule has 1 aliphatic rings. The molecule has 0 spiro atoms. The molecule has 154 valence electrons. The molecule has 0 saturated carbocycles. The van der Waals surface area contributed by atoms with Crippen LogP contribution in [0.4, 0.5) is 0 Å². The van der Waals surface area contributed by atoms with E-state index in [0.717, 1.165) is 30.6 Å². The number of hydrogen-bond acceptors (Lipinski definition) is 6. The molecule has 3 heterocycles. The molecule has 7 heteroatoms. The molecular weight excluding hydrogens is 392 g/mol. The van der Waals surface area contributed by atoms with Crippen molar-refractivity contribution in [3.05, 3.63) is 59.6 Å². The topological polar surface area (TPSA) is 59.7 Å². The lowest BCUT2D eigenvalue weighted by atomic mass is 10.2. The number of aryl methyl sites for hydroxylation is 1. The van der Waals surface area contributed by atoms with Crippen LogP contribution in [0.15, 0.2) is 54.6 Å². The number of fused-ring (bicyclic) bond motifs is 1. The summed E-state index contributed by atoms with van der Waals surface area (Å²) in [6.45, 7) is 3.15. The lowest BCUT2D eigenvalue weighted by molar-refractivity contribution is 0.249. The first-order valence-electron chi connectivity index (χ1n) is 10.8. The Morgan fingerprint density at radius 2 is 1.77 bits per heavy atom. The summed E-state index contributed by atoms with van der Waals surface area (Å²) < 4.78 is 1.30. The van der Waals surface area contributed by atoms with Crippen LogP contribution in [0.1, 0.15) is 43.2 Å². The second kappa shape index (κ2) is 9.02. The van der Waals surface area contributed by atoms with Crippen LogP contribution in [-0.4, -0.2) is 43.2 Å². The van der Waals surface area contributed by atoms with Gasteiger partial charge in [0.25, 0.3) is 0 Å². The molecule has 1 aliphatic heterocycles. The van der Waals surface area contributed by atoms with E-state index in [1.807, 2.05) is 41.7 Å². The van der Waals surface area contributed by atoms with E-state index < -0.39 is 0 Å². The van der Waals surface area contributed by atoms with Gasteiger partial charge in [-0.25, -0.2) is 4.98 Å². The Hall–Kier alpha value is -2.64. The van der Waals surface area contributed by atoms with Gasteiger partial charge < -0.3 is 0 Å². The monoisotopic (exact) mass is 418 g/mol. The highest BCUT2D eigenvalue weighted by molar-refractivity contribution is 7.18. The molecule has 1 saturated heterocycles. The van der Waals surface area contributed by atoms with Gasteiger partial charge in [-0.1, -0.05) is 48.9 Å². The lowest BCUT2D eigenvalue weighted by Crippen LogP contribution is -2.24. The van der Waals surface area contributed by atoms with Crippen LogP contribution in [0.3, 0.4) is 0 Å². The number of unbranched alkanes of at least 4 members (excludes halogenated alkanes) is 2. The summed E-state index contributed by atoms with van der Waals surface area (Å²) in [7, 11) is 0. The van der Waals surface area contributed by atoms with Crippen molar-refractivity contribution in [2.24, 2.45) is 0 Å². The molecule has 1 unspecified atom stereocenters. The van der Waals surface area contributed by atoms with Crippen molar-refractivity contribution in [1.29, 1.82) is 0 Å². The number of thiazole rings is 1. The zero-order chi connectivity index (χ0) is 20.2. The number of tetrazole rings is 1. The SMILES string of the molecule is c1ccc(-c2nnn(CCCCCN3CCCC3c3nc4ccccc4s3)n2)cc1. The zero-order valence-electron chi connectivity index (χ0n) is 17.0. The first-order valence-corrected chi connectivity index (χ1v) is 11.6. The molecule has 0 radical (unpaired) electrons. The minimum atomic E-state index is 0.493. The third-order valence-corrected chi connectivity index (χ3v) is 6.89. The molecule has 0 aliphatic carbocycles. The zero-order valence-corrected chi connectivity index (χ0v) is 17.8. The summed E-state index contributed by atoms with van der Waals surface area (Å²) in [6.07, 6.45) is 5.94. The standard InChI is InChI=1S/C23H26N6S/c1-3-10-18(11-4-1)22-25-27-29(26-22)17-8-2-7-15-28-16-9-13-20(28)23-24-19-12-5-6-14-21(19)30-23/h1,3-6,10-12,14,20H,2,7-9,13,15-17H2. The van der Waals surface area contributed by atoms with Gasteiger partial charge in [-0.3, -0.25) is 4.90 Å². The molecule has 1 fully saturated rings. The molecule has 30 heavy (non-hydrogen) atoms. The predicted molar refractivity (Wildman–Crippen MR) is 120 cm³/mol. The normalized spacial score (nSPS) is 17.1. The second-order valence-corrected chi connectivity index (χ2v) is 8.91. The molecule has 0 amide bonds. The fourth-order valence-corrected chi connectivity index (χ4v) is 5.33. The molecule has 6 nitrogen and oxygen atoms in total. The van der Waals surface area contributed by atoms with Crippen LogP contribution in [0.2, 0.25) is 0 Å². The minimum absolute atomic E-state index is 0.493. The Balaban J connectivity index is 1.10. The lowest BCUT2D eigenvalue weighted by Gasteiger charge is -2.22. The highest BCUT2D eigenvalue weighted by Crippen LogP contribution is 2.36. The molecule has 5 rings (SSSR count). The van der Waals surface area contributed by atoms with Gasteiger partial charge in [0.15, 0.2) is 0 Å². The first kappa shape index (κ1) is 19.3. The fourth-order valence-electron chi connectivity index (χ4n) is 4.19. The number of nitrogens with zero attached hydrogens (tertiary/aromatic N) is 6. The highest BCUT2D eigenvalue weighted by atomic mass is 32.1. The summed E-state index contributed by atoms with van der Waals surface area (Å²) in [4.78, 5) is 9.25. The predicted octanol–water partition coefficient (Wildman–Crippen LogP) is 4.96. The van der Waals surface area contributed by atoms with Crippen LogP contribution >= 0.6 is 11.3 Å². The van der Waals surface area contributed by atoms with E-state index in [0.29, 0.717) is 11.9 Å². The van der Waals surface area contributed by atoms with Crippen molar-refractivity contribution in [2.45, 2.75) is 44.7 Å². The average Bonchev–Trinajstić information content (AvgIpc) is 3.53. The van der Waals surface area contributed by atoms with Crippen LogP contribution < -0.4 is 0 Å². The fraction of sp³-hybridized carbons (Fsp3) is 0.391. The summed E-state index contributed by atoms with van der Waals surface area (Å²) >= 11 is 1.86. The molecule has 1 atom stereocenters. The van der Waals surface area contributed by atoms with Gasteiger partial charge in [0.05, 0.1) is 22.8 Å². The minimum Gasteiger partial charge on any atom is -0.294 e. The number of rotatable bonds is 8. The van der Waals surface area contributed by atoms with Crippen molar-refractivity contribution in [3.63, 3.8) is 0 Å². The van der Waals surface area contributed by atoms with Crippen molar-refractivity contribution in [2.75, 3.05) is 13.1 Å². The summed E-state index contributed by atoms with van der Waals surface area (Å²) in [5, 5.41) is 14.2. The van der Waals surface area contributed by atoms with E-state index in [2.05, 4.69) is 44.6 Å². The Labute approximate surface area is 180 Å². The van der Waals surface area contributed by atoms with Crippen molar-refractivity contribution < 1.29 is 0 Å². The van der Waals surface area contributed by atoms with Crippen molar-refractivity contribution in [1.82, 2.24) is 30.1 Å². The van der Waals surface area contributed by atoms with E-state index in [4.69, 9.17) is 4.98 Å². The summed E-state index contributed by atoms with van der Waals surface area (Å²) in [6, 6.07) is 19.0. The Bertz CT molecular complexity index is 1060. The third kappa shape index (κ3) is 4.27. The van der Waals surface area contributed by atoms with E-state index in [9.17, 15) is 0 Å². The molecule has 2 aromatic heterocycles. The Morgan fingerprint density at radius 3 is 2.67 bits per heavy atom. The largest absolute Gasteiger partial charge is 0.294 e. The number of aromatic nitrogens is 5. The van der Waals surface area contributed by atoms with Gasteiger partial charge >= 0.3 is 0 Å². The number of hydrogen-bond donors (Lipinski definition) is 0. The van der Waals surface area contributed by atoms with Crippen LogP contribution in [0.5, 0.6) is 0 Å². The maximum absolute atomic E-state index is 4.91. The quantitative estimate of drug-likeness (QED) is 0.379. The van der Waals surface area contributed by atoms with Gasteiger partial charge in [-0.2, -0.15) is 4.80 Å². The van der Waals surface area contributed by atoms with E-state index in [1.54, 1.807) is 4.80 Å². The van der Waals surface area contributed by atoms with E-state index in [1.165, 1.54) is 41.9 Å². The summed E-state index contributed by atoms with van der Waals surface area (Å²) in [5.41, 5.74) is 2.15.